The molecule has 0 aliphatic heterocycles. The number of hydrogen-bond acceptors (Lipinski definition) is 3. The molecule has 0 aliphatic carbocycles. The molecule has 96 valence electrons. The van der Waals surface area contributed by atoms with Crippen LogP contribution in [0, 0.1) is 10.8 Å². The predicted molar refractivity (Wildman–Crippen MR) is 66.9 cm³/mol. The molecule has 0 unspecified atom stereocenters. The molecule has 4 heteroatoms. The van der Waals surface area contributed by atoms with E-state index in [1.54, 1.807) is 7.11 Å². The van der Waals surface area contributed by atoms with E-state index in [0.717, 1.165) is 45.5 Å². The molecule has 0 radical (unpaired) electrons. The topological polar surface area (TPSA) is 68.3 Å². The molecule has 0 aromatic carbocycles. The molecule has 0 aromatic rings. The van der Waals surface area contributed by atoms with Crippen LogP contribution in [0.4, 0.5) is 0 Å². The molecule has 0 saturated carbocycles. The number of ether oxygens (including phenoxy) is 2. The number of nitrogens with one attached hydrogen (secondary N) is 1. The third kappa shape index (κ3) is 7.65. The number of methoxy groups -OCH3 is 1. The summed E-state index contributed by atoms with van der Waals surface area (Å²) in [6, 6.07) is 0. The average Bonchev–Trinajstić information content (AvgIpc) is 2.21. The molecule has 0 atom stereocenters. The number of unbranched alkanes of at least 4 members (excludes halogenated alkanes) is 1. The van der Waals surface area contributed by atoms with E-state index in [4.69, 9.17) is 20.6 Å². The van der Waals surface area contributed by atoms with E-state index in [-0.39, 0.29) is 11.3 Å². The van der Waals surface area contributed by atoms with Gasteiger partial charge in [-0.3, -0.25) is 5.41 Å². The zero-order chi connectivity index (χ0) is 12.4. The van der Waals surface area contributed by atoms with Gasteiger partial charge in [0, 0.05) is 32.3 Å². The smallest absolute Gasteiger partial charge is 0.0963 e. The Morgan fingerprint density at radius 3 is 2.31 bits per heavy atom. The van der Waals surface area contributed by atoms with Gasteiger partial charge in [0.15, 0.2) is 0 Å². The maximum absolute atomic E-state index is 7.42. The lowest BCUT2D eigenvalue weighted by molar-refractivity contribution is 0.0993. The summed E-state index contributed by atoms with van der Waals surface area (Å²) in [5.41, 5.74) is 5.33. The van der Waals surface area contributed by atoms with E-state index in [2.05, 4.69) is 0 Å². The summed E-state index contributed by atoms with van der Waals surface area (Å²) in [6.45, 7) is 6.34. The van der Waals surface area contributed by atoms with Gasteiger partial charge in [-0.15, -0.1) is 0 Å². The molecule has 0 heterocycles. The minimum absolute atomic E-state index is 0.171. The summed E-state index contributed by atoms with van der Waals surface area (Å²) in [4.78, 5) is 0. The van der Waals surface area contributed by atoms with Gasteiger partial charge < -0.3 is 15.2 Å². The first-order valence-corrected chi connectivity index (χ1v) is 5.92. The molecule has 0 spiro atoms. The van der Waals surface area contributed by atoms with Crippen molar-refractivity contribution in [3.8, 4) is 0 Å². The van der Waals surface area contributed by atoms with Gasteiger partial charge in [-0.1, -0.05) is 20.3 Å². The molecule has 0 rings (SSSR count). The molecule has 3 N–H and O–H groups in total. The second kappa shape index (κ2) is 8.53. The largest absolute Gasteiger partial charge is 0.387 e. The molecule has 16 heavy (non-hydrogen) atoms. The summed E-state index contributed by atoms with van der Waals surface area (Å²) in [7, 11) is 1.70. The van der Waals surface area contributed by atoms with Gasteiger partial charge in [0.2, 0.25) is 0 Å². The van der Waals surface area contributed by atoms with Crippen LogP contribution in [0.2, 0.25) is 0 Å². The molecule has 0 aromatic heterocycles. The van der Waals surface area contributed by atoms with Crippen molar-refractivity contribution in [1.29, 1.82) is 5.41 Å². The summed E-state index contributed by atoms with van der Waals surface area (Å²) < 4.78 is 10.4. The van der Waals surface area contributed by atoms with Gasteiger partial charge in [0.05, 0.1) is 5.84 Å². The highest BCUT2D eigenvalue weighted by atomic mass is 16.5. The Bertz CT molecular complexity index is 193. The van der Waals surface area contributed by atoms with Crippen molar-refractivity contribution in [2.75, 3.05) is 26.9 Å². The number of rotatable bonds is 10. The Hall–Kier alpha value is -0.610. The van der Waals surface area contributed by atoms with Crippen LogP contribution in [0.25, 0.3) is 0 Å². The Kier molecular flexibility index (Phi) is 8.21. The first-order chi connectivity index (χ1) is 7.50. The first kappa shape index (κ1) is 15.4. The molecule has 0 aliphatic rings. The number of nitrogens with two attached hydrogens (primary N) is 1. The van der Waals surface area contributed by atoms with E-state index < -0.39 is 0 Å². The Morgan fingerprint density at radius 2 is 1.75 bits per heavy atom. The molecule has 0 fully saturated rings. The van der Waals surface area contributed by atoms with Gasteiger partial charge in [-0.2, -0.15) is 0 Å². The predicted octanol–water partition coefficient (Wildman–Crippen LogP) is 2.17. The maximum Gasteiger partial charge on any atom is 0.0963 e. The van der Waals surface area contributed by atoms with E-state index in [9.17, 15) is 0 Å². The molecule has 0 bridgehead atoms. The highest BCUT2D eigenvalue weighted by Gasteiger charge is 2.20. The quantitative estimate of drug-likeness (QED) is 0.343. The number of hydrogen-bond donors (Lipinski definition) is 2. The summed E-state index contributed by atoms with van der Waals surface area (Å²) in [5, 5.41) is 7.42. The first-order valence-electron chi connectivity index (χ1n) is 5.92. The minimum Gasteiger partial charge on any atom is -0.387 e. The van der Waals surface area contributed by atoms with E-state index in [0.29, 0.717) is 0 Å². The Balaban J connectivity index is 3.30. The highest BCUT2D eigenvalue weighted by Crippen LogP contribution is 2.22. The summed E-state index contributed by atoms with van der Waals surface area (Å²) in [6.07, 6.45) is 3.99. The Labute approximate surface area is 99.0 Å². The number of amidine groups is 1. The van der Waals surface area contributed by atoms with E-state index in [1.165, 1.54) is 0 Å². The Morgan fingerprint density at radius 1 is 1.12 bits per heavy atom. The van der Waals surface area contributed by atoms with Gasteiger partial charge in [0.25, 0.3) is 0 Å². The lowest BCUT2D eigenvalue weighted by Crippen LogP contribution is -2.30. The monoisotopic (exact) mass is 230 g/mol. The van der Waals surface area contributed by atoms with Crippen LogP contribution in [0.3, 0.4) is 0 Å². The van der Waals surface area contributed by atoms with Gasteiger partial charge in [0.1, 0.15) is 0 Å². The third-order valence-electron chi connectivity index (χ3n) is 2.71. The van der Waals surface area contributed by atoms with Gasteiger partial charge in [-0.25, -0.2) is 0 Å². The van der Waals surface area contributed by atoms with Crippen LogP contribution < -0.4 is 5.73 Å². The summed E-state index contributed by atoms with van der Waals surface area (Å²) in [5.74, 6) is 0.272. The second-order valence-corrected chi connectivity index (χ2v) is 4.71. The fraction of sp³-hybridized carbons (Fsp3) is 0.917. The van der Waals surface area contributed by atoms with E-state index >= 15 is 0 Å². The lowest BCUT2D eigenvalue weighted by atomic mass is 9.86. The van der Waals surface area contributed by atoms with Crippen LogP contribution >= 0.6 is 0 Å². The van der Waals surface area contributed by atoms with Crippen LogP contribution in [-0.2, 0) is 9.47 Å². The van der Waals surface area contributed by atoms with Crippen LogP contribution in [0.5, 0.6) is 0 Å². The normalized spacial score (nSPS) is 11.7. The standard InChI is InChI=1S/C12H26N2O2/c1-12(2,11(13)14)7-4-5-9-16-10-6-8-15-3/h4-10H2,1-3H3,(H3,13,14). The SMILES string of the molecule is COCCCOCCCCC(C)(C)C(=N)N. The van der Waals surface area contributed by atoms with Gasteiger partial charge >= 0.3 is 0 Å². The molecular weight excluding hydrogens is 204 g/mol. The molecule has 4 nitrogen and oxygen atoms in total. The molecule has 0 amide bonds. The van der Waals surface area contributed by atoms with Gasteiger partial charge in [-0.05, 0) is 19.3 Å². The van der Waals surface area contributed by atoms with Crippen molar-refractivity contribution >= 4 is 5.84 Å². The van der Waals surface area contributed by atoms with E-state index in [1.807, 2.05) is 13.8 Å². The zero-order valence-electron chi connectivity index (χ0n) is 10.8. The second-order valence-electron chi connectivity index (χ2n) is 4.71. The maximum atomic E-state index is 7.42. The fourth-order valence-electron chi connectivity index (χ4n) is 1.31. The van der Waals surface area contributed by atoms with Crippen molar-refractivity contribution in [3.63, 3.8) is 0 Å². The van der Waals surface area contributed by atoms with Crippen LogP contribution in [0.15, 0.2) is 0 Å². The van der Waals surface area contributed by atoms with Crippen molar-refractivity contribution in [2.45, 2.75) is 39.5 Å². The van der Waals surface area contributed by atoms with Crippen molar-refractivity contribution in [3.05, 3.63) is 0 Å². The zero-order valence-corrected chi connectivity index (χ0v) is 10.8. The lowest BCUT2D eigenvalue weighted by Gasteiger charge is -2.22. The van der Waals surface area contributed by atoms with Crippen LogP contribution in [-0.4, -0.2) is 32.8 Å². The average molecular weight is 230 g/mol. The third-order valence-corrected chi connectivity index (χ3v) is 2.71. The van der Waals surface area contributed by atoms with Crippen LogP contribution in [0.1, 0.15) is 39.5 Å². The highest BCUT2D eigenvalue weighted by molar-refractivity contribution is 5.82. The molecule has 0 saturated heterocycles. The van der Waals surface area contributed by atoms with Crippen molar-refractivity contribution < 1.29 is 9.47 Å². The fourth-order valence-corrected chi connectivity index (χ4v) is 1.31. The van der Waals surface area contributed by atoms with Crippen molar-refractivity contribution in [1.82, 2.24) is 0 Å². The summed E-state index contributed by atoms with van der Waals surface area (Å²) >= 11 is 0. The minimum atomic E-state index is -0.171. The van der Waals surface area contributed by atoms with Crippen molar-refractivity contribution in [2.24, 2.45) is 11.1 Å². The molecular formula is C12H26N2O2.